The van der Waals surface area contributed by atoms with Gasteiger partial charge in [-0.25, -0.2) is 9.67 Å². The van der Waals surface area contributed by atoms with Crippen LogP contribution in [0.15, 0.2) is 82.4 Å². The van der Waals surface area contributed by atoms with Crippen LogP contribution in [-0.4, -0.2) is 18.9 Å². The van der Waals surface area contributed by atoms with Crippen LogP contribution in [0.1, 0.15) is 5.69 Å². The number of thiazole rings is 1. The highest BCUT2D eigenvalue weighted by Crippen LogP contribution is 2.25. The van der Waals surface area contributed by atoms with Crippen molar-refractivity contribution in [3.8, 4) is 16.9 Å². The molecule has 0 aliphatic carbocycles. The summed E-state index contributed by atoms with van der Waals surface area (Å²) in [6, 6.07) is 15.8. The summed E-state index contributed by atoms with van der Waals surface area (Å²) in [4.78, 5) is 29.3. The molecule has 0 unspecified atom stereocenters. The molecule has 170 valence electrons. The van der Waals surface area contributed by atoms with Gasteiger partial charge in [0.25, 0.3) is 11.2 Å². The van der Waals surface area contributed by atoms with Crippen LogP contribution in [0.5, 0.6) is 0 Å². The Balaban J connectivity index is 0.00000306. The fraction of sp³-hybridized carbons (Fsp3) is 0.130. The van der Waals surface area contributed by atoms with Gasteiger partial charge in [0.2, 0.25) is 0 Å². The van der Waals surface area contributed by atoms with Crippen LogP contribution < -0.4 is 10.4 Å². The molecule has 0 fully saturated rings. The molecule has 4 rings (SSSR count). The molecular formula is C23H22BrN5O3S. The lowest BCUT2D eigenvalue weighted by atomic mass is 10.1. The maximum absolute atomic E-state index is 13.2. The molecule has 2 aromatic carbocycles. The van der Waals surface area contributed by atoms with E-state index in [2.05, 4.69) is 6.58 Å². The SMILES string of the molecule is Br.C=CCn1c(-c2cccc([N+](=O)[O-])c2)csc1=Nc1c(C)n(C)n(-c2ccccc2)c1=O. The number of rotatable bonds is 6. The molecule has 2 heterocycles. The minimum Gasteiger partial charge on any atom is -0.313 e. The second-order valence-electron chi connectivity index (χ2n) is 7.13. The molecular weight excluding hydrogens is 506 g/mol. The van der Waals surface area contributed by atoms with Gasteiger partial charge in [-0.15, -0.1) is 34.9 Å². The summed E-state index contributed by atoms with van der Waals surface area (Å²) >= 11 is 1.37. The van der Waals surface area contributed by atoms with Gasteiger partial charge in [-0.1, -0.05) is 36.4 Å². The fourth-order valence-electron chi connectivity index (χ4n) is 3.51. The van der Waals surface area contributed by atoms with Crippen molar-refractivity contribution in [2.24, 2.45) is 12.0 Å². The number of halogens is 1. The number of nitro groups is 1. The normalized spacial score (nSPS) is 11.3. The quantitative estimate of drug-likeness (QED) is 0.202. The highest BCUT2D eigenvalue weighted by atomic mass is 79.9. The van der Waals surface area contributed by atoms with E-state index in [4.69, 9.17) is 4.99 Å². The third-order valence-electron chi connectivity index (χ3n) is 5.19. The largest absolute Gasteiger partial charge is 0.313 e. The molecule has 10 heteroatoms. The second-order valence-corrected chi connectivity index (χ2v) is 7.97. The molecule has 0 saturated carbocycles. The first-order valence-electron chi connectivity index (χ1n) is 9.85. The van der Waals surface area contributed by atoms with Gasteiger partial charge in [0.05, 0.1) is 22.0 Å². The first kappa shape index (κ1) is 24.1. The van der Waals surface area contributed by atoms with Gasteiger partial charge in [-0.2, -0.15) is 0 Å². The molecule has 0 saturated heterocycles. The van der Waals surface area contributed by atoms with Gasteiger partial charge < -0.3 is 4.57 Å². The first-order chi connectivity index (χ1) is 15.4. The maximum atomic E-state index is 13.2. The summed E-state index contributed by atoms with van der Waals surface area (Å²) < 4.78 is 5.26. The Hall–Kier alpha value is -3.50. The number of allylic oxidation sites excluding steroid dienone is 1. The number of aromatic nitrogens is 3. The summed E-state index contributed by atoms with van der Waals surface area (Å²) in [5.41, 5.74) is 3.11. The summed E-state index contributed by atoms with van der Waals surface area (Å²) in [7, 11) is 1.82. The van der Waals surface area contributed by atoms with Gasteiger partial charge in [0.15, 0.2) is 10.5 Å². The number of non-ortho nitro benzene ring substituents is 1. The first-order valence-corrected chi connectivity index (χ1v) is 10.7. The molecule has 2 aromatic heterocycles. The molecule has 0 spiro atoms. The molecule has 0 atom stereocenters. The molecule has 0 amide bonds. The smallest absolute Gasteiger partial charge is 0.297 e. The van der Waals surface area contributed by atoms with E-state index >= 15 is 0 Å². The zero-order valence-corrected chi connectivity index (χ0v) is 20.6. The molecule has 0 aliphatic rings. The van der Waals surface area contributed by atoms with Gasteiger partial charge >= 0.3 is 0 Å². The van der Waals surface area contributed by atoms with Crippen LogP contribution in [-0.2, 0) is 13.6 Å². The van der Waals surface area contributed by atoms with Crippen molar-refractivity contribution in [3.63, 3.8) is 0 Å². The van der Waals surface area contributed by atoms with E-state index in [9.17, 15) is 14.9 Å². The Bertz CT molecular complexity index is 1450. The van der Waals surface area contributed by atoms with Crippen LogP contribution in [0, 0.1) is 17.0 Å². The Morgan fingerprint density at radius 3 is 2.58 bits per heavy atom. The predicted octanol–water partition coefficient (Wildman–Crippen LogP) is 4.92. The lowest BCUT2D eigenvalue weighted by molar-refractivity contribution is -0.384. The van der Waals surface area contributed by atoms with Crippen LogP contribution in [0.25, 0.3) is 16.9 Å². The second kappa shape index (κ2) is 9.97. The van der Waals surface area contributed by atoms with E-state index in [1.54, 1.807) is 21.5 Å². The lowest BCUT2D eigenvalue weighted by Gasteiger charge is -2.07. The molecule has 0 radical (unpaired) electrons. The molecule has 0 bridgehead atoms. The Morgan fingerprint density at radius 2 is 1.91 bits per heavy atom. The third-order valence-corrected chi connectivity index (χ3v) is 6.06. The van der Waals surface area contributed by atoms with Crippen molar-refractivity contribution in [1.29, 1.82) is 0 Å². The number of benzene rings is 2. The van der Waals surface area contributed by atoms with Crippen LogP contribution in [0.4, 0.5) is 11.4 Å². The predicted molar refractivity (Wildman–Crippen MR) is 136 cm³/mol. The number of hydrogen-bond acceptors (Lipinski definition) is 5. The number of nitro benzene ring substituents is 1. The van der Waals surface area contributed by atoms with Crippen molar-refractivity contribution < 1.29 is 4.92 Å². The highest BCUT2D eigenvalue weighted by Gasteiger charge is 2.17. The van der Waals surface area contributed by atoms with Crippen molar-refractivity contribution in [3.05, 3.63) is 104 Å². The number of para-hydroxylation sites is 1. The monoisotopic (exact) mass is 527 g/mol. The fourth-order valence-corrected chi connectivity index (χ4v) is 4.44. The maximum Gasteiger partial charge on any atom is 0.297 e. The van der Waals surface area contributed by atoms with E-state index in [0.717, 1.165) is 17.1 Å². The molecule has 8 nitrogen and oxygen atoms in total. The van der Waals surface area contributed by atoms with E-state index in [-0.39, 0.29) is 28.2 Å². The number of nitrogens with zero attached hydrogens (tertiary/aromatic N) is 5. The molecule has 4 aromatic rings. The summed E-state index contributed by atoms with van der Waals surface area (Å²) in [5.74, 6) is 0. The number of hydrogen-bond donors (Lipinski definition) is 0. The average Bonchev–Trinajstić information content (AvgIpc) is 3.28. The zero-order chi connectivity index (χ0) is 22.8. The van der Waals surface area contributed by atoms with E-state index in [1.165, 1.54) is 23.5 Å². The van der Waals surface area contributed by atoms with Gasteiger partial charge in [0, 0.05) is 36.7 Å². The van der Waals surface area contributed by atoms with Crippen molar-refractivity contribution in [2.45, 2.75) is 13.5 Å². The topological polar surface area (TPSA) is 87.4 Å². The Labute approximate surface area is 204 Å². The summed E-state index contributed by atoms with van der Waals surface area (Å²) in [6.07, 6.45) is 1.73. The van der Waals surface area contributed by atoms with Gasteiger partial charge in [-0.3, -0.25) is 19.6 Å². The minimum absolute atomic E-state index is 0. The van der Waals surface area contributed by atoms with Crippen LogP contribution in [0.3, 0.4) is 0 Å². The molecule has 0 aliphatic heterocycles. The van der Waals surface area contributed by atoms with E-state index < -0.39 is 4.92 Å². The zero-order valence-electron chi connectivity index (χ0n) is 18.0. The summed E-state index contributed by atoms with van der Waals surface area (Å²) in [6.45, 7) is 6.12. The Kier molecular flexibility index (Phi) is 7.29. The van der Waals surface area contributed by atoms with Crippen LogP contribution in [0.2, 0.25) is 0 Å². The van der Waals surface area contributed by atoms with Crippen molar-refractivity contribution in [1.82, 2.24) is 13.9 Å². The van der Waals surface area contributed by atoms with E-state index in [1.807, 2.05) is 60.3 Å². The van der Waals surface area contributed by atoms with Gasteiger partial charge in [-0.05, 0) is 19.1 Å². The lowest BCUT2D eigenvalue weighted by Crippen LogP contribution is -2.20. The minimum atomic E-state index is -0.418. The van der Waals surface area contributed by atoms with Crippen LogP contribution >= 0.6 is 28.3 Å². The standard InChI is InChI=1S/C23H21N5O3S.BrH/c1-4-13-26-20(17-9-8-12-19(14-17)28(30)31)15-32-23(26)24-21-16(2)25(3)27(22(21)29)18-10-6-5-7-11-18;/h4-12,14-15H,1,13H2,2-3H3;1H. The van der Waals surface area contributed by atoms with E-state index in [0.29, 0.717) is 22.6 Å². The third kappa shape index (κ3) is 4.53. The molecule has 33 heavy (non-hydrogen) atoms. The Morgan fingerprint density at radius 1 is 1.18 bits per heavy atom. The highest BCUT2D eigenvalue weighted by molar-refractivity contribution is 8.93. The van der Waals surface area contributed by atoms with Crippen molar-refractivity contribution >= 4 is 39.7 Å². The molecule has 0 N–H and O–H groups in total. The van der Waals surface area contributed by atoms with Gasteiger partial charge in [0.1, 0.15) is 0 Å². The average molecular weight is 528 g/mol. The van der Waals surface area contributed by atoms with Crippen molar-refractivity contribution in [2.75, 3.05) is 0 Å². The summed E-state index contributed by atoms with van der Waals surface area (Å²) in [5, 5.41) is 13.1.